The Balaban J connectivity index is 0.000000349. The molecular weight excluding hydrogens is 637 g/mol. The molecule has 2 saturated heterocycles. The standard InChI is InChI=1S/C27H36FN7O2.C7H8O3S/c1-18(2)25-32-27(37-33-25)34-11-9-19(10-12-34)6-5-13-36-20-14-30-26(31-15-20)35-16-22(24(29)17-35)21-7-3-4-8-23(21)28;1-6-2-4-7(5-3-6)11(8,9)10/h3-4,7-8,14-15,18-19,22,24H,5-6,9-13,16-17,29H2,1-2H3;2-5H,1H3,(H,8,9,10)/t22-,24+;/m1./s1. The van der Waals surface area contributed by atoms with Crippen LogP contribution < -0.4 is 20.3 Å². The van der Waals surface area contributed by atoms with E-state index in [1.807, 2.05) is 17.9 Å². The molecule has 2 aliphatic rings. The van der Waals surface area contributed by atoms with Gasteiger partial charge in [0, 0.05) is 44.1 Å². The topological polar surface area (TPSA) is 161 Å². The number of anilines is 2. The molecule has 2 aliphatic heterocycles. The van der Waals surface area contributed by atoms with Gasteiger partial charge in [0.15, 0.2) is 11.6 Å². The van der Waals surface area contributed by atoms with Crippen LogP contribution in [-0.2, 0) is 10.1 Å². The first-order valence-electron chi connectivity index (χ1n) is 16.3. The van der Waals surface area contributed by atoms with Crippen LogP contribution >= 0.6 is 0 Å². The molecule has 2 fully saturated rings. The average molecular weight is 682 g/mol. The Hall–Kier alpha value is -4.14. The number of hydrogen-bond acceptors (Lipinski definition) is 11. The van der Waals surface area contributed by atoms with E-state index < -0.39 is 10.1 Å². The third kappa shape index (κ3) is 9.26. The predicted octanol–water partition coefficient (Wildman–Crippen LogP) is 5.37. The van der Waals surface area contributed by atoms with Crippen molar-refractivity contribution in [1.82, 2.24) is 20.1 Å². The first kappa shape index (κ1) is 35.2. The van der Waals surface area contributed by atoms with Gasteiger partial charge in [0.05, 0.1) is 23.9 Å². The first-order valence-corrected chi connectivity index (χ1v) is 17.7. The van der Waals surface area contributed by atoms with Crippen molar-refractivity contribution in [3.63, 3.8) is 0 Å². The summed E-state index contributed by atoms with van der Waals surface area (Å²) in [6.45, 7) is 9.67. The summed E-state index contributed by atoms with van der Waals surface area (Å²) in [5.41, 5.74) is 7.93. The maximum absolute atomic E-state index is 14.2. The molecule has 0 unspecified atom stereocenters. The van der Waals surface area contributed by atoms with Gasteiger partial charge in [-0.25, -0.2) is 14.4 Å². The van der Waals surface area contributed by atoms with E-state index in [9.17, 15) is 12.8 Å². The summed E-state index contributed by atoms with van der Waals surface area (Å²) in [6.07, 6.45) is 7.75. The van der Waals surface area contributed by atoms with Crippen LogP contribution in [0.4, 0.5) is 16.4 Å². The van der Waals surface area contributed by atoms with Crippen LogP contribution in [0.2, 0.25) is 0 Å². The Morgan fingerprint density at radius 3 is 2.35 bits per heavy atom. The first-order chi connectivity index (χ1) is 23.0. The Morgan fingerprint density at radius 2 is 1.73 bits per heavy atom. The summed E-state index contributed by atoms with van der Waals surface area (Å²) in [7, 11) is -4.02. The highest BCUT2D eigenvalue weighted by Gasteiger charge is 2.34. The summed E-state index contributed by atoms with van der Waals surface area (Å²) in [5, 5.41) is 4.07. The molecule has 2 aromatic heterocycles. The van der Waals surface area contributed by atoms with Crippen molar-refractivity contribution in [2.75, 3.05) is 42.6 Å². The number of nitrogens with zero attached hydrogens (tertiary/aromatic N) is 6. The highest BCUT2D eigenvalue weighted by molar-refractivity contribution is 7.85. The molecule has 4 aromatic rings. The quantitative estimate of drug-likeness (QED) is 0.163. The van der Waals surface area contributed by atoms with Gasteiger partial charge in [-0.1, -0.05) is 54.9 Å². The molecule has 0 amide bonds. The van der Waals surface area contributed by atoms with Crippen molar-refractivity contribution in [2.24, 2.45) is 11.7 Å². The number of aryl methyl sites for hydroxylation is 1. The summed E-state index contributed by atoms with van der Waals surface area (Å²) >= 11 is 0. The lowest BCUT2D eigenvalue weighted by Gasteiger charge is -2.30. The molecule has 0 radical (unpaired) electrons. The fourth-order valence-corrected chi connectivity index (χ4v) is 6.40. The number of halogens is 1. The molecule has 2 aromatic carbocycles. The highest BCUT2D eigenvalue weighted by Crippen LogP contribution is 2.31. The van der Waals surface area contributed by atoms with Gasteiger partial charge in [-0.2, -0.15) is 13.4 Å². The van der Waals surface area contributed by atoms with Gasteiger partial charge in [0.25, 0.3) is 10.1 Å². The Morgan fingerprint density at radius 1 is 1.04 bits per heavy atom. The van der Waals surface area contributed by atoms with E-state index in [0.29, 0.717) is 48.9 Å². The van der Waals surface area contributed by atoms with Gasteiger partial charge in [-0.15, -0.1) is 0 Å². The summed E-state index contributed by atoms with van der Waals surface area (Å²) in [6, 6.07) is 13.3. The lowest BCUT2D eigenvalue weighted by molar-refractivity contribution is 0.275. The van der Waals surface area contributed by atoms with E-state index >= 15 is 0 Å². The zero-order valence-electron chi connectivity index (χ0n) is 27.6. The molecule has 3 N–H and O–H groups in total. The Labute approximate surface area is 281 Å². The number of ether oxygens (including phenoxy) is 1. The molecule has 2 atom stereocenters. The Bertz CT molecular complexity index is 1710. The van der Waals surface area contributed by atoms with Gasteiger partial charge < -0.3 is 24.8 Å². The molecule has 0 aliphatic carbocycles. The molecule has 0 bridgehead atoms. The normalized spacial score (nSPS) is 18.6. The zero-order valence-corrected chi connectivity index (χ0v) is 28.4. The van der Waals surface area contributed by atoms with Crippen LogP contribution in [-0.4, -0.2) is 71.9 Å². The molecule has 0 spiro atoms. The predicted molar refractivity (Wildman–Crippen MR) is 180 cm³/mol. The summed E-state index contributed by atoms with van der Waals surface area (Å²) in [5.74, 6) is 2.66. The maximum atomic E-state index is 14.2. The average Bonchev–Trinajstić information content (AvgIpc) is 3.72. The van der Waals surface area contributed by atoms with E-state index in [1.165, 1.54) is 18.2 Å². The summed E-state index contributed by atoms with van der Waals surface area (Å²) < 4.78 is 55.1. The van der Waals surface area contributed by atoms with Crippen molar-refractivity contribution in [3.05, 3.63) is 83.7 Å². The largest absolute Gasteiger partial charge is 0.490 e. The number of hydrogen-bond donors (Lipinski definition) is 2. The van der Waals surface area contributed by atoms with E-state index in [-0.39, 0.29) is 28.6 Å². The van der Waals surface area contributed by atoms with Crippen LogP contribution in [0.5, 0.6) is 5.75 Å². The van der Waals surface area contributed by atoms with Crippen LogP contribution in [0.15, 0.2) is 70.3 Å². The molecule has 258 valence electrons. The second-order valence-electron chi connectivity index (χ2n) is 12.7. The van der Waals surface area contributed by atoms with Crippen LogP contribution in [0, 0.1) is 18.7 Å². The monoisotopic (exact) mass is 681 g/mol. The van der Waals surface area contributed by atoms with Crippen molar-refractivity contribution in [2.45, 2.75) is 69.2 Å². The minimum absolute atomic E-state index is 0.0666. The molecule has 12 nitrogen and oxygen atoms in total. The van der Waals surface area contributed by atoms with Crippen molar-refractivity contribution >= 4 is 22.1 Å². The van der Waals surface area contributed by atoms with E-state index in [0.717, 1.165) is 50.2 Å². The number of benzene rings is 2. The fourth-order valence-electron chi connectivity index (χ4n) is 5.92. The SMILES string of the molecule is CC(C)c1noc(N2CCC(CCCOc3cnc(N4C[C@H](c5ccccc5F)[C@@H](N)C4)nc3)CC2)n1.Cc1ccc(S(=O)(=O)O)cc1. The maximum Gasteiger partial charge on any atom is 0.324 e. The highest BCUT2D eigenvalue weighted by atomic mass is 32.2. The minimum Gasteiger partial charge on any atom is -0.490 e. The van der Waals surface area contributed by atoms with E-state index in [2.05, 4.69) is 38.9 Å². The zero-order chi connectivity index (χ0) is 34.3. The third-order valence-electron chi connectivity index (χ3n) is 8.74. The van der Waals surface area contributed by atoms with Crippen LogP contribution in [0.1, 0.15) is 68.3 Å². The number of nitrogens with two attached hydrogens (primary N) is 1. The minimum atomic E-state index is -4.02. The second kappa shape index (κ2) is 15.8. The van der Waals surface area contributed by atoms with Gasteiger partial charge in [0.1, 0.15) is 5.82 Å². The fraction of sp³-hybridized carbons (Fsp3) is 0.471. The molecule has 0 saturated carbocycles. The summed E-state index contributed by atoms with van der Waals surface area (Å²) in [4.78, 5) is 17.6. The lowest BCUT2D eigenvalue weighted by Crippen LogP contribution is -2.34. The van der Waals surface area contributed by atoms with Gasteiger partial charge >= 0.3 is 6.01 Å². The second-order valence-corrected chi connectivity index (χ2v) is 14.1. The Kier molecular flexibility index (Phi) is 11.6. The smallest absolute Gasteiger partial charge is 0.324 e. The van der Waals surface area contributed by atoms with Gasteiger partial charge in [-0.3, -0.25) is 4.55 Å². The molecule has 48 heavy (non-hydrogen) atoms. The molecule has 14 heteroatoms. The molecule has 4 heterocycles. The van der Waals surface area contributed by atoms with Crippen LogP contribution in [0.3, 0.4) is 0 Å². The lowest BCUT2D eigenvalue weighted by atomic mass is 9.92. The van der Waals surface area contributed by atoms with Gasteiger partial charge in [-0.05, 0) is 62.3 Å². The van der Waals surface area contributed by atoms with Crippen LogP contribution in [0.25, 0.3) is 0 Å². The van der Waals surface area contributed by atoms with Crippen molar-refractivity contribution < 1.29 is 26.6 Å². The van der Waals surface area contributed by atoms with E-state index in [4.69, 9.17) is 19.5 Å². The third-order valence-corrected chi connectivity index (χ3v) is 9.61. The van der Waals surface area contributed by atoms with Crippen molar-refractivity contribution in [3.8, 4) is 5.75 Å². The number of aromatic nitrogens is 4. The van der Waals surface area contributed by atoms with Gasteiger partial charge in [0.2, 0.25) is 5.95 Å². The van der Waals surface area contributed by atoms with Crippen molar-refractivity contribution in [1.29, 1.82) is 0 Å². The van der Waals surface area contributed by atoms with E-state index in [1.54, 1.807) is 36.7 Å². The number of piperidine rings is 1. The molecule has 6 rings (SSSR count). The number of rotatable bonds is 10. The molecular formula is C34H44FN7O5S.